The Balaban J connectivity index is 1.18. The number of pyridine rings is 1. The first-order valence-electron chi connectivity index (χ1n) is 13.2. The Morgan fingerprint density at radius 2 is 1.56 bits per heavy atom. The highest BCUT2D eigenvalue weighted by molar-refractivity contribution is 5.98. The zero-order chi connectivity index (χ0) is 26.9. The number of likely N-dealkylation sites (tertiary alicyclic amines) is 1. The van der Waals surface area contributed by atoms with Crippen LogP contribution in [-0.4, -0.2) is 57.3 Å². The van der Waals surface area contributed by atoms with Gasteiger partial charge in [-0.25, -0.2) is 0 Å². The van der Waals surface area contributed by atoms with Gasteiger partial charge in [-0.1, -0.05) is 12.1 Å². The molecule has 39 heavy (non-hydrogen) atoms. The average Bonchev–Trinajstić information content (AvgIpc) is 3.70. The minimum absolute atomic E-state index is 0.0819. The highest BCUT2D eigenvalue weighted by atomic mass is 16.2. The lowest BCUT2D eigenvalue weighted by Gasteiger charge is -2.39. The summed E-state index contributed by atoms with van der Waals surface area (Å²) < 4.78 is 1.50. The molecule has 2 aromatic heterocycles. The zero-order valence-corrected chi connectivity index (χ0v) is 21.3. The molecule has 9 nitrogen and oxygen atoms in total. The zero-order valence-electron chi connectivity index (χ0n) is 21.3. The fourth-order valence-corrected chi connectivity index (χ4v) is 5.17. The number of piperidine rings is 1. The second-order valence-corrected chi connectivity index (χ2v) is 10.2. The topological polar surface area (TPSA) is 116 Å². The highest BCUT2D eigenvalue weighted by Gasteiger charge is 2.39. The molecule has 2 fully saturated rings. The summed E-state index contributed by atoms with van der Waals surface area (Å²) in [6.07, 6.45) is 5.85. The molecule has 2 unspecified atom stereocenters. The minimum atomic E-state index is -0.445. The lowest BCUT2D eigenvalue weighted by atomic mass is 9.97. The summed E-state index contributed by atoms with van der Waals surface area (Å²) in [7, 11) is 0. The highest BCUT2D eigenvalue weighted by Crippen LogP contribution is 2.32. The SMILES string of the molecule is O=C(NC1CCN(C(=O)C2CC2)CC1NC(=O)c1ccc2cc[nH]c2c1)c1ccc(-n2ccccc2=O)cc1. The van der Waals surface area contributed by atoms with Crippen molar-refractivity contribution in [2.24, 2.45) is 5.92 Å². The number of hydrogen-bond donors (Lipinski definition) is 3. The van der Waals surface area contributed by atoms with Gasteiger partial charge in [0.15, 0.2) is 0 Å². The van der Waals surface area contributed by atoms with Crippen molar-refractivity contribution < 1.29 is 14.4 Å². The van der Waals surface area contributed by atoms with Crippen LogP contribution in [0.1, 0.15) is 40.0 Å². The van der Waals surface area contributed by atoms with Crippen LogP contribution in [0.5, 0.6) is 0 Å². The number of hydrogen-bond acceptors (Lipinski definition) is 4. The number of aromatic amines is 1. The van der Waals surface area contributed by atoms with Crippen LogP contribution < -0.4 is 16.2 Å². The number of carbonyl (C=O) groups excluding carboxylic acids is 3. The molecule has 1 aliphatic heterocycles. The van der Waals surface area contributed by atoms with E-state index in [0.29, 0.717) is 36.3 Å². The van der Waals surface area contributed by atoms with Gasteiger partial charge in [0.2, 0.25) is 5.91 Å². The standard InChI is InChI=1S/C30H29N5O4/c36-27-3-1-2-15-35(27)23-10-8-20(9-11-23)28(37)32-24-13-16-34(30(39)21-5-6-21)18-26(24)33-29(38)22-7-4-19-12-14-31-25(19)17-22/h1-4,7-12,14-15,17,21,24,26,31H,5-6,13,16,18H2,(H,32,37)(H,33,38). The van der Waals surface area contributed by atoms with Crippen LogP contribution >= 0.6 is 0 Å². The fraction of sp³-hybridized carbons (Fsp3) is 0.267. The Morgan fingerprint density at radius 3 is 2.33 bits per heavy atom. The maximum atomic E-state index is 13.2. The summed E-state index contributed by atoms with van der Waals surface area (Å²) in [5.74, 6) is -0.327. The molecule has 198 valence electrons. The van der Waals surface area contributed by atoms with Crippen LogP contribution in [0, 0.1) is 5.92 Å². The molecule has 2 aromatic carbocycles. The van der Waals surface area contributed by atoms with Gasteiger partial charge in [0.05, 0.1) is 12.1 Å². The van der Waals surface area contributed by atoms with Crippen molar-refractivity contribution in [3.05, 3.63) is 101 Å². The smallest absolute Gasteiger partial charge is 0.255 e. The summed E-state index contributed by atoms with van der Waals surface area (Å²) in [6, 6.07) is 18.3. The van der Waals surface area contributed by atoms with Gasteiger partial charge in [-0.05, 0) is 73.2 Å². The molecule has 3 heterocycles. The summed E-state index contributed by atoms with van der Waals surface area (Å²) in [6.45, 7) is 0.865. The summed E-state index contributed by atoms with van der Waals surface area (Å²) in [5.41, 5.74) is 2.32. The van der Waals surface area contributed by atoms with Crippen LogP contribution in [0.4, 0.5) is 0 Å². The van der Waals surface area contributed by atoms with Crippen LogP contribution in [0.2, 0.25) is 0 Å². The lowest BCUT2D eigenvalue weighted by Crippen LogP contribution is -2.61. The number of aromatic nitrogens is 2. The van der Waals surface area contributed by atoms with E-state index in [0.717, 1.165) is 23.7 Å². The predicted molar refractivity (Wildman–Crippen MR) is 147 cm³/mol. The monoisotopic (exact) mass is 523 g/mol. The molecule has 1 saturated heterocycles. The number of carbonyl (C=O) groups is 3. The fourth-order valence-electron chi connectivity index (χ4n) is 5.17. The third-order valence-corrected chi connectivity index (χ3v) is 7.53. The van der Waals surface area contributed by atoms with Crippen LogP contribution in [0.25, 0.3) is 16.6 Å². The molecule has 0 radical (unpaired) electrons. The third kappa shape index (κ3) is 5.20. The maximum Gasteiger partial charge on any atom is 0.255 e. The molecule has 1 aliphatic carbocycles. The molecule has 3 N–H and O–H groups in total. The number of nitrogens with zero attached hydrogens (tertiary/aromatic N) is 2. The third-order valence-electron chi connectivity index (χ3n) is 7.53. The average molecular weight is 524 g/mol. The molecular weight excluding hydrogens is 494 g/mol. The first-order valence-corrected chi connectivity index (χ1v) is 13.2. The second kappa shape index (κ2) is 10.2. The van der Waals surface area contributed by atoms with Gasteiger partial charge in [0.25, 0.3) is 17.4 Å². The Labute approximate surface area is 224 Å². The van der Waals surface area contributed by atoms with Crippen LogP contribution in [-0.2, 0) is 4.79 Å². The lowest BCUT2D eigenvalue weighted by molar-refractivity contribution is -0.134. The Kier molecular flexibility index (Phi) is 6.48. The molecule has 2 atom stereocenters. The summed E-state index contributed by atoms with van der Waals surface area (Å²) in [5, 5.41) is 7.17. The Bertz CT molecular complexity index is 1600. The van der Waals surface area contributed by atoms with E-state index in [9.17, 15) is 19.2 Å². The number of H-pyrrole nitrogens is 1. The molecule has 3 amide bonds. The van der Waals surface area contributed by atoms with Crippen molar-refractivity contribution in [1.82, 2.24) is 25.1 Å². The van der Waals surface area contributed by atoms with E-state index in [1.165, 1.54) is 10.6 Å². The van der Waals surface area contributed by atoms with Gasteiger partial charge < -0.3 is 20.5 Å². The van der Waals surface area contributed by atoms with Gasteiger partial charge in [0.1, 0.15) is 0 Å². The number of nitrogens with one attached hydrogen (secondary N) is 3. The quantitative estimate of drug-likeness (QED) is 0.360. The Morgan fingerprint density at radius 1 is 0.821 bits per heavy atom. The number of benzene rings is 2. The van der Waals surface area contributed by atoms with E-state index < -0.39 is 6.04 Å². The first kappa shape index (κ1) is 24.7. The summed E-state index contributed by atoms with van der Waals surface area (Å²) >= 11 is 0. The summed E-state index contributed by atoms with van der Waals surface area (Å²) in [4.78, 5) is 56.3. The normalized spacial score (nSPS) is 19.0. The van der Waals surface area contributed by atoms with Gasteiger partial charge in [0, 0.05) is 59.8 Å². The molecule has 9 heteroatoms. The molecule has 0 bridgehead atoms. The molecule has 4 aromatic rings. The second-order valence-electron chi connectivity index (χ2n) is 10.2. The van der Waals surface area contributed by atoms with E-state index in [4.69, 9.17) is 0 Å². The maximum absolute atomic E-state index is 13.2. The first-order chi connectivity index (χ1) is 19.0. The predicted octanol–water partition coefficient (Wildman–Crippen LogP) is 2.86. The van der Waals surface area contributed by atoms with E-state index in [1.807, 2.05) is 23.2 Å². The molecule has 0 spiro atoms. The van der Waals surface area contributed by atoms with Crippen LogP contribution in [0.15, 0.2) is 83.9 Å². The molecule has 1 saturated carbocycles. The van der Waals surface area contributed by atoms with Crippen molar-refractivity contribution in [3.63, 3.8) is 0 Å². The van der Waals surface area contributed by atoms with E-state index >= 15 is 0 Å². The van der Waals surface area contributed by atoms with Gasteiger partial charge in [-0.15, -0.1) is 0 Å². The largest absolute Gasteiger partial charge is 0.361 e. The minimum Gasteiger partial charge on any atom is -0.361 e. The number of rotatable bonds is 6. The van der Waals surface area contributed by atoms with Gasteiger partial charge in [-0.3, -0.25) is 23.7 Å². The van der Waals surface area contributed by atoms with Crippen molar-refractivity contribution >= 4 is 28.6 Å². The van der Waals surface area contributed by atoms with Crippen molar-refractivity contribution in [3.8, 4) is 5.69 Å². The van der Waals surface area contributed by atoms with Crippen molar-refractivity contribution in [1.29, 1.82) is 0 Å². The van der Waals surface area contributed by atoms with E-state index in [1.54, 1.807) is 54.7 Å². The number of fused-ring (bicyclic) bond motifs is 1. The molecule has 6 rings (SSSR count). The number of amides is 3. The Hall–Kier alpha value is -4.66. The van der Waals surface area contributed by atoms with Crippen molar-refractivity contribution in [2.75, 3.05) is 13.1 Å². The van der Waals surface area contributed by atoms with E-state index in [-0.39, 0.29) is 35.2 Å². The van der Waals surface area contributed by atoms with Crippen LogP contribution in [0.3, 0.4) is 0 Å². The van der Waals surface area contributed by atoms with E-state index in [2.05, 4.69) is 15.6 Å². The molecule has 2 aliphatic rings. The molecular formula is C30H29N5O4. The van der Waals surface area contributed by atoms with Crippen molar-refractivity contribution in [2.45, 2.75) is 31.3 Å². The van der Waals surface area contributed by atoms with Gasteiger partial charge >= 0.3 is 0 Å². The van der Waals surface area contributed by atoms with Gasteiger partial charge in [-0.2, -0.15) is 0 Å².